The highest BCUT2D eigenvalue weighted by atomic mass is 16.6. The second kappa shape index (κ2) is 13.4. The third-order valence-corrected chi connectivity index (χ3v) is 11.5. The van der Waals surface area contributed by atoms with Crippen molar-refractivity contribution >= 4 is 5.97 Å². The molecule has 0 spiro atoms. The van der Waals surface area contributed by atoms with E-state index in [4.69, 9.17) is 13.9 Å². The summed E-state index contributed by atoms with van der Waals surface area (Å²) in [5.41, 5.74) is -0.373. The number of aromatic hydroxyl groups is 1. The zero-order chi connectivity index (χ0) is 33.3. The van der Waals surface area contributed by atoms with E-state index in [0.717, 1.165) is 25.7 Å². The molecule has 0 bridgehead atoms. The van der Waals surface area contributed by atoms with Crippen molar-refractivity contribution in [3.63, 3.8) is 0 Å². The Morgan fingerprint density at radius 1 is 1.09 bits per heavy atom. The van der Waals surface area contributed by atoms with Crippen molar-refractivity contribution in [1.29, 1.82) is 0 Å². The molecule has 1 aromatic rings. The number of esters is 1. The number of aliphatic hydroxyl groups excluding tert-OH is 1. The van der Waals surface area contributed by atoms with Gasteiger partial charge in [0.2, 0.25) is 0 Å². The number of allylic oxidation sites excluding steroid dienone is 5. The molecule has 248 valence electrons. The highest BCUT2D eigenvalue weighted by Gasteiger charge is 2.62. The Morgan fingerprint density at radius 2 is 1.76 bits per heavy atom. The van der Waals surface area contributed by atoms with Gasteiger partial charge in [0, 0.05) is 11.6 Å². The fourth-order valence-corrected chi connectivity index (χ4v) is 8.22. The SMILES string of the molecule is C=C1[C@H](O)C[C@@H]2[C@](C)(CC[C@H]3OC(C)(C)[C@@H](OC(=O)/C=C/C=C/C=C/[C@@H](C)CC)CC[C@]23C)[C@@H]1Cc1c(O)c(C)c(C)oc1=O. The topological polar surface area (TPSA) is 106 Å². The first-order valence-corrected chi connectivity index (χ1v) is 16.6. The average molecular weight is 623 g/mol. The summed E-state index contributed by atoms with van der Waals surface area (Å²) < 4.78 is 18.3. The molecule has 45 heavy (non-hydrogen) atoms. The van der Waals surface area contributed by atoms with Crippen LogP contribution < -0.4 is 5.63 Å². The van der Waals surface area contributed by atoms with Gasteiger partial charge >= 0.3 is 11.6 Å². The molecular weight excluding hydrogens is 568 g/mol. The van der Waals surface area contributed by atoms with E-state index in [1.165, 1.54) is 6.08 Å². The van der Waals surface area contributed by atoms with Crippen LogP contribution in [0.5, 0.6) is 5.75 Å². The smallest absolute Gasteiger partial charge is 0.342 e. The van der Waals surface area contributed by atoms with E-state index >= 15 is 0 Å². The molecule has 2 heterocycles. The van der Waals surface area contributed by atoms with E-state index in [1.54, 1.807) is 19.9 Å². The van der Waals surface area contributed by atoms with Gasteiger partial charge < -0.3 is 24.1 Å². The van der Waals surface area contributed by atoms with Crippen LogP contribution in [0.15, 0.2) is 57.8 Å². The Labute approximate surface area is 269 Å². The van der Waals surface area contributed by atoms with Crippen LogP contribution in [0.4, 0.5) is 0 Å². The Bertz CT molecular complexity index is 1410. The maximum Gasteiger partial charge on any atom is 0.342 e. The monoisotopic (exact) mass is 622 g/mol. The molecule has 3 aliphatic rings. The second-order valence-electron chi connectivity index (χ2n) is 14.8. The first-order valence-electron chi connectivity index (χ1n) is 16.6. The lowest BCUT2D eigenvalue weighted by atomic mass is 9.44. The van der Waals surface area contributed by atoms with Crippen molar-refractivity contribution in [1.82, 2.24) is 0 Å². The lowest BCUT2D eigenvalue weighted by molar-refractivity contribution is -0.209. The standard InChI is InChI=1S/C38H54O7/c1-10-23(2)15-13-11-12-14-16-33(40)44-31-17-20-38(9)30-22-29(39)25(4)28(21-27-34(41)24(3)26(5)43-35(27)42)37(30,8)19-18-32(38)45-36(31,6)7/h11-16,23,28-32,39,41H,4,10,17-22H2,1-3,5-9H3/b12-11+,15-13+,16-14+/t23-,28+,29+,30+,31-,32+,37+,38+/m0/s1. The van der Waals surface area contributed by atoms with Gasteiger partial charge in [0.05, 0.1) is 23.4 Å². The molecule has 1 aliphatic heterocycles. The fourth-order valence-electron chi connectivity index (χ4n) is 8.22. The highest BCUT2D eigenvalue weighted by Crippen LogP contribution is 2.64. The molecule has 0 amide bonds. The number of carbonyl (C=O) groups is 1. The number of hydrogen-bond donors (Lipinski definition) is 2. The van der Waals surface area contributed by atoms with Crippen molar-refractivity contribution < 1.29 is 28.9 Å². The van der Waals surface area contributed by atoms with Gasteiger partial charge in [-0.05, 0) is 100 Å². The lowest BCUT2D eigenvalue weighted by Crippen LogP contribution is -2.59. The van der Waals surface area contributed by atoms with Crippen LogP contribution >= 0.6 is 0 Å². The van der Waals surface area contributed by atoms with Crippen LogP contribution in [0.1, 0.15) is 97.0 Å². The molecule has 4 rings (SSSR count). The zero-order valence-electron chi connectivity index (χ0n) is 28.5. The summed E-state index contributed by atoms with van der Waals surface area (Å²) in [7, 11) is 0. The summed E-state index contributed by atoms with van der Waals surface area (Å²) in [6, 6.07) is 0. The molecule has 2 N–H and O–H groups in total. The fraction of sp³-hybridized carbons (Fsp3) is 0.632. The summed E-state index contributed by atoms with van der Waals surface area (Å²) in [4.78, 5) is 25.8. The van der Waals surface area contributed by atoms with Crippen molar-refractivity contribution in [2.45, 2.75) is 124 Å². The van der Waals surface area contributed by atoms with Crippen LogP contribution in [0.3, 0.4) is 0 Å². The van der Waals surface area contributed by atoms with Crippen molar-refractivity contribution in [3.05, 3.63) is 75.9 Å². The minimum Gasteiger partial charge on any atom is -0.507 e. The van der Waals surface area contributed by atoms with Crippen molar-refractivity contribution in [2.24, 2.45) is 28.6 Å². The maximum absolute atomic E-state index is 12.9. The highest BCUT2D eigenvalue weighted by molar-refractivity contribution is 5.82. The van der Waals surface area contributed by atoms with Crippen LogP contribution in [-0.2, 0) is 20.7 Å². The van der Waals surface area contributed by atoms with Gasteiger partial charge in [-0.25, -0.2) is 9.59 Å². The van der Waals surface area contributed by atoms with Gasteiger partial charge in [0.25, 0.3) is 0 Å². The maximum atomic E-state index is 12.9. The number of rotatable bonds is 8. The predicted molar refractivity (Wildman–Crippen MR) is 177 cm³/mol. The molecule has 0 radical (unpaired) electrons. The number of fused-ring (bicyclic) bond motifs is 3. The van der Waals surface area contributed by atoms with Crippen molar-refractivity contribution in [3.8, 4) is 5.75 Å². The minimum absolute atomic E-state index is 0.0343. The number of aryl methyl sites for hydroxylation is 1. The molecule has 2 aliphatic carbocycles. The van der Waals surface area contributed by atoms with E-state index in [9.17, 15) is 19.8 Å². The van der Waals surface area contributed by atoms with Gasteiger partial charge in [0.1, 0.15) is 17.6 Å². The number of hydrogen-bond acceptors (Lipinski definition) is 7. The summed E-state index contributed by atoms with van der Waals surface area (Å²) in [6.07, 6.45) is 14.6. The van der Waals surface area contributed by atoms with Crippen LogP contribution in [0.2, 0.25) is 0 Å². The van der Waals surface area contributed by atoms with Crippen LogP contribution in [0.25, 0.3) is 0 Å². The normalized spacial score (nSPS) is 34.1. The van der Waals surface area contributed by atoms with Gasteiger partial charge in [-0.3, -0.25) is 0 Å². The molecular formula is C38H54O7. The number of ether oxygens (including phenoxy) is 2. The Morgan fingerprint density at radius 3 is 2.44 bits per heavy atom. The lowest BCUT2D eigenvalue weighted by Gasteiger charge is -2.62. The largest absolute Gasteiger partial charge is 0.507 e. The summed E-state index contributed by atoms with van der Waals surface area (Å²) in [6.45, 7) is 20.5. The molecule has 7 nitrogen and oxygen atoms in total. The van der Waals surface area contributed by atoms with Gasteiger partial charge in [-0.15, -0.1) is 0 Å². The Balaban J connectivity index is 1.56. The average Bonchev–Trinajstić information content (AvgIpc) is 3.07. The molecule has 1 aromatic heterocycles. The zero-order valence-corrected chi connectivity index (χ0v) is 28.5. The van der Waals surface area contributed by atoms with E-state index in [-0.39, 0.29) is 46.5 Å². The van der Waals surface area contributed by atoms with E-state index < -0.39 is 29.4 Å². The molecule has 7 heteroatoms. The van der Waals surface area contributed by atoms with Crippen LogP contribution in [0, 0.1) is 42.4 Å². The molecule has 0 unspecified atom stereocenters. The van der Waals surface area contributed by atoms with E-state index in [0.29, 0.717) is 35.7 Å². The number of aliphatic hydroxyl groups is 1. The summed E-state index contributed by atoms with van der Waals surface area (Å²) in [5.74, 6) is 0.294. The molecule has 0 aromatic carbocycles. The van der Waals surface area contributed by atoms with Gasteiger partial charge in [-0.1, -0.05) is 71.1 Å². The number of carbonyl (C=O) groups excluding carboxylic acids is 1. The molecule has 3 fully saturated rings. The third kappa shape index (κ3) is 6.95. The van der Waals surface area contributed by atoms with E-state index in [2.05, 4.69) is 40.3 Å². The second-order valence-corrected chi connectivity index (χ2v) is 14.8. The quantitative estimate of drug-likeness (QED) is 0.134. The summed E-state index contributed by atoms with van der Waals surface area (Å²) >= 11 is 0. The Kier molecular flexibility index (Phi) is 10.4. The minimum atomic E-state index is -0.743. The third-order valence-electron chi connectivity index (χ3n) is 11.5. The van der Waals surface area contributed by atoms with Crippen molar-refractivity contribution in [2.75, 3.05) is 0 Å². The predicted octanol–water partition coefficient (Wildman–Crippen LogP) is 7.45. The van der Waals surface area contributed by atoms with E-state index in [1.807, 2.05) is 32.1 Å². The Hall–Kier alpha value is -2.90. The first-order chi connectivity index (χ1) is 21.0. The molecule has 8 atom stereocenters. The summed E-state index contributed by atoms with van der Waals surface area (Å²) in [5, 5.41) is 22.3. The first kappa shape index (κ1) is 35.0. The molecule has 2 saturated carbocycles. The van der Waals surface area contributed by atoms with Gasteiger partial charge in [0.15, 0.2) is 0 Å². The van der Waals surface area contributed by atoms with Crippen LogP contribution in [-0.4, -0.2) is 40.1 Å². The molecule has 1 saturated heterocycles. The van der Waals surface area contributed by atoms with Gasteiger partial charge in [-0.2, -0.15) is 0 Å².